The largest absolute Gasteiger partial charge is 0.302 e. The first-order valence-electron chi connectivity index (χ1n) is 9.74. The average Bonchev–Trinajstić information content (AvgIpc) is 3.15. The molecule has 3 aromatic rings. The van der Waals surface area contributed by atoms with Gasteiger partial charge >= 0.3 is 0 Å². The van der Waals surface area contributed by atoms with Gasteiger partial charge in [0, 0.05) is 24.4 Å². The molecule has 0 N–H and O–H groups in total. The summed E-state index contributed by atoms with van der Waals surface area (Å²) < 4.78 is 24.5. The lowest BCUT2D eigenvalue weighted by Gasteiger charge is -2.25. The lowest BCUT2D eigenvalue weighted by molar-refractivity contribution is 0.0984. The molecule has 0 saturated heterocycles. The molecule has 0 unspecified atom stereocenters. The van der Waals surface area contributed by atoms with Gasteiger partial charge in [-0.3, -0.25) is 9.69 Å². The lowest BCUT2D eigenvalue weighted by Crippen LogP contribution is -2.39. The Labute approximate surface area is 196 Å². The van der Waals surface area contributed by atoms with Crippen molar-refractivity contribution in [1.29, 1.82) is 0 Å². The summed E-state index contributed by atoms with van der Waals surface area (Å²) >= 11 is 13.7. The smallest absolute Gasteiger partial charge is 0.261 e. The summed E-state index contributed by atoms with van der Waals surface area (Å²) in [6.45, 7) is 6.90. The highest BCUT2D eigenvalue weighted by atomic mass is 35.5. The number of carbonyl (C=O) groups is 1. The van der Waals surface area contributed by atoms with Gasteiger partial charge in [-0.05, 0) is 49.5 Å². The van der Waals surface area contributed by atoms with E-state index in [4.69, 9.17) is 23.2 Å². The summed E-state index contributed by atoms with van der Waals surface area (Å²) in [6.07, 6.45) is 1.16. The van der Waals surface area contributed by atoms with Gasteiger partial charge in [-0.1, -0.05) is 48.4 Å². The van der Waals surface area contributed by atoms with Gasteiger partial charge in [0.05, 0.1) is 25.7 Å². The standard InChI is InChI=1S/C21H23Cl2N3O3S2/c1-4-25(5-2)10-11-26(20(27)16-12-14(22)6-8-17(16)23)21-24-18-9-7-15(31(3,28)29)13-19(18)30-21/h6-9,12-13H,4-5,10-11H2,1-3H3. The van der Waals surface area contributed by atoms with Gasteiger partial charge in [0.2, 0.25) is 0 Å². The van der Waals surface area contributed by atoms with E-state index in [0.717, 1.165) is 19.3 Å². The maximum atomic E-state index is 13.4. The van der Waals surface area contributed by atoms with E-state index >= 15 is 0 Å². The number of sulfone groups is 1. The number of thiazole rings is 1. The topological polar surface area (TPSA) is 70.6 Å². The van der Waals surface area contributed by atoms with Crippen LogP contribution in [0.25, 0.3) is 10.2 Å². The van der Waals surface area contributed by atoms with Gasteiger partial charge in [-0.25, -0.2) is 13.4 Å². The van der Waals surface area contributed by atoms with Crippen LogP contribution in [0.15, 0.2) is 41.3 Å². The second-order valence-electron chi connectivity index (χ2n) is 7.01. The van der Waals surface area contributed by atoms with Gasteiger partial charge in [0.1, 0.15) is 0 Å². The Morgan fingerprint density at radius 2 is 1.77 bits per heavy atom. The van der Waals surface area contributed by atoms with E-state index in [1.54, 1.807) is 35.2 Å². The van der Waals surface area contributed by atoms with Gasteiger partial charge in [-0.2, -0.15) is 0 Å². The Hall–Kier alpha value is -1.71. The van der Waals surface area contributed by atoms with Crippen molar-refractivity contribution in [1.82, 2.24) is 9.88 Å². The fourth-order valence-corrected chi connectivity index (χ4v) is 5.23. The quantitative estimate of drug-likeness (QED) is 0.436. The van der Waals surface area contributed by atoms with Crippen LogP contribution >= 0.6 is 34.5 Å². The van der Waals surface area contributed by atoms with Crippen LogP contribution in [0.5, 0.6) is 0 Å². The van der Waals surface area contributed by atoms with Crippen LogP contribution < -0.4 is 4.90 Å². The number of hydrogen-bond donors (Lipinski definition) is 0. The number of hydrogen-bond acceptors (Lipinski definition) is 6. The van der Waals surface area contributed by atoms with Crippen LogP contribution in [0, 0.1) is 0 Å². The van der Waals surface area contributed by atoms with Crippen molar-refractivity contribution in [3.8, 4) is 0 Å². The number of anilines is 1. The first kappa shape index (κ1) is 23.9. The molecular formula is C21H23Cl2N3O3S2. The number of likely N-dealkylation sites (N-methyl/N-ethyl adjacent to an activating group) is 1. The van der Waals surface area contributed by atoms with Crippen LogP contribution in [-0.4, -0.2) is 56.6 Å². The van der Waals surface area contributed by atoms with Crippen molar-refractivity contribution >= 4 is 65.6 Å². The fraction of sp³-hybridized carbons (Fsp3) is 0.333. The minimum atomic E-state index is -3.34. The molecule has 2 aromatic carbocycles. The Bertz CT molecular complexity index is 1210. The molecule has 31 heavy (non-hydrogen) atoms. The van der Waals surface area contributed by atoms with E-state index in [0.29, 0.717) is 44.0 Å². The van der Waals surface area contributed by atoms with Crippen molar-refractivity contribution in [2.45, 2.75) is 18.7 Å². The van der Waals surface area contributed by atoms with Gasteiger partial charge in [0.15, 0.2) is 15.0 Å². The summed E-state index contributed by atoms with van der Waals surface area (Å²) in [4.78, 5) is 22.0. The predicted molar refractivity (Wildman–Crippen MR) is 129 cm³/mol. The second-order valence-corrected chi connectivity index (χ2v) is 10.9. The normalized spacial score (nSPS) is 11.9. The van der Waals surface area contributed by atoms with Crippen LogP contribution in [0.4, 0.5) is 5.13 Å². The minimum absolute atomic E-state index is 0.217. The highest BCUT2D eigenvalue weighted by Gasteiger charge is 2.24. The Kier molecular flexibility index (Phi) is 7.59. The Morgan fingerprint density at radius 1 is 1.06 bits per heavy atom. The van der Waals surface area contributed by atoms with Crippen LogP contribution in [-0.2, 0) is 9.84 Å². The zero-order valence-electron chi connectivity index (χ0n) is 17.4. The number of nitrogens with zero attached hydrogens (tertiary/aromatic N) is 3. The molecule has 0 fully saturated rings. The summed E-state index contributed by atoms with van der Waals surface area (Å²) in [6, 6.07) is 9.54. The van der Waals surface area contributed by atoms with Crippen LogP contribution in [0.1, 0.15) is 24.2 Å². The number of halogens is 2. The molecule has 0 aliphatic carbocycles. The molecule has 1 amide bonds. The molecule has 3 rings (SSSR count). The van der Waals surface area contributed by atoms with E-state index in [9.17, 15) is 13.2 Å². The highest BCUT2D eigenvalue weighted by molar-refractivity contribution is 7.90. The number of fused-ring (bicyclic) bond motifs is 1. The molecule has 0 aliphatic rings. The molecule has 166 valence electrons. The zero-order chi connectivity index (χ0) is 22.8. The lowest BCUT2D eigenvalue weighted by atomic mass is 10.2. The monoisotopic (exact) mass is 499 g/mol. The number of rotatable bonds is 8. The van der Waals surface area contributed by atoms with Crippen LogP contribution in [0.3, 0.4) is 0 Å². The van der Waals surface area contributed by atoms with Crippen molar-refractivity contribution in [3.05, 3.63) is 52.0 Å². The van der Waals surface area contributed by atoms with E-state index in [1.165, 1.54) is 17.4 Å². The van der Waals surface area contributed by atoms with E-state index in [-0.39, 0.29) is 10.8 Å². The van der Waals surface area contributed by atoms with Crippen molar-refractivity contribution in [3.63, 3.8) is 0 Å². The van der Waals surface area contributed by atoms with E-state index < -0.39 is 9.84 Å². The summed E-state index contributed by atoms with van der Waals surface area (Å²) in [7, 11) is -3.34. The van der Waals surface area contributed by atoms with Crippen molar-refractivity contribution in [2.24, 2.45) is 0 Å². The maximum absolute atomic E-state index is 13.4. The number of aromatic nitrogens is 1. The molecule has 6 nitrogen and oxygen atoms in total. The Morgan fingerprint density at radius 3 is 2.42 bits per heavy atom. The van der Waals surface area contributed by atoms with Gasteiger partial charge < -0.3 is 4.90 Å². The van der Waals surface area contributed by atoms with Gasteiger partial charge in [-0.15, -0.1) is 0 Å². The second kappa shape index (κ2) is 9.83. The molecule has 10 heteroatoms. The molecule has 0 saturated carbocycles. The average molecular weight is 500 g/mol. The maximum Gasteiger partial charge on any atom is 0.261 e. The van der Waals surface area contributed by atoms with E-state index in [1.807, 2.05) is 0 Å². The molecule has 0 radical (unpaired) electrons. The third-order valence-corrected chi connectivity index (χ3v) is 7.66. The first-order valence-corrected chi connectivity index (χ1v) is 13.2. The molecule has 1 heterocycles. The summed E-state index contributed by atoms with van der Waals surface area (Å²) in [5.41, 5.74) is 0.926. The van der Waals surface area contributed by atoms with Gasteiger partial charge in [0.25, 0.3) is 5.91 Å². The third kappa shape index (κ3) is 5.56. The number of amides is 1. The molecule has 0 aliphatic heterocycles. The molecular weight excluding hydrogens is 477 g/mol. The molecule has 1 aromatic heterocycles. The van der Waals surface area contributed by atoms with Crippen molar-refractivity contribution < 1.29 is 13.2 Å². The molecule has 0 bridgehead atoms. The predicted octanol–water partition coefficient (Wildman–Crippen LogP) is 5.00. The SMILES string of the molecule is CCN(CC)CCN(C(=O)c1cc(Cl)ccc1Cl)c1nc2ccc(S(C)(=O)=O)cc2s1. The zero-order valence-corrected chi connectivity index (χ0v) is 20.6. The first-order chi connectivity index (χ1) is 14.6. The number of carbonyl (C=O) groups excluding carboxylic acids is 1. The molecule has 0 spiro atoms. The minimum Gasteiger partial charge on any atom is -0.302 e. The number of benzene rings is 2. The van der Waals surface area contributed by atoms with E-state index in [2.05, 4.69) is 23.7 Å². The Balaban J connectivity index is 2.04. The highest BCUT2D eigenvalue weighted by Crippen LogP contribution is 2.32. The molecule has 0 atom stereocenters. The summed E-state index contributed by atoms with van der Waals surface area (Å²) in [5, 5.41) is 1.20. The van der Waals surface area contributed by atoms with Crippen LogP contribution in [0.2, 0.25) is 10.0 Å². The summed E-state index contributed by atoms with van der Waals surface area (Å²) in [5.74, 6) is -0.304. The van der Waals surface area contributed by atoms with Crippen molar-refractivity contribution in [2.75, 3.05) is 37.3 Å². The fourth-order valence-electron chi connectivity index (χ4n) is 3.11. The third-order valence-electron chi connectivity index (χ3n) is 4.95.